The maximum absolute atomic E-state index is 12.5. The SMILES string of the molecule is O=C(CN1C(=O)S/C(=C\c2cccs2)C1=O)Nc1ccc(N2CCOCC2)cc1. The molecule has 2 aliphatic rings. The van der Waals surface area contributed by atoms with Crippen molar-refractivity contribution in [3.8, 4) is 0 Å². The Hall–Kier alpha value is -2.62. The van der Waals surface area contributed by atoms with Crippen molar-refractivity contribution in [2.24, 2.45) is 0 Å². The number of anilines is 2. The van der Waals surface area contributed by atoms with Gasteiger partial charge in [0.05, 0.1) is 18.1 Å². The van der Waals surface area contributed by atoms with Gasteiger partial charge in [0.2, 0.25) is 5.91 Å². The summed E-state index contributed by atoms with van der Waals surface area (Å²) in [5, 5.41) is 4.21. The van der Waals surface area contributed by atoms with Gasteiger partial charge in [-0.2, -0.15) is 0 Å². The third-order valence-electron chi connectivity index (χ3n) is 4.52. The first kappa shape index (κ1) is 19.7. The van der Waals surface area contributed by atoms with Crippen LogP contribution in [0.2, 0.25) is 0 Å². The molecule has 2 fully saturated rings. The molecule has 3 heterocycles. The summed E-state index contributed by atoms with van der Waals surface area (Å²) in [6.07, 6.45) is 1.68. The van der Waals surface area contributed by atoms with Gasteiger partial charge >= 0.3 is 0 Å². The van der Waals surface area contributed by atoms with Crippen molar-refractivity contribution in [2.75, 3.05) is 43.1 Å². The number of benzene rings is 1. The van der Waals surface area contributed by atoms with Crippen LogP contribution >= 0.6 is 23.1 Å². The first-order chi connectivity index (χ1) is 14.1. The number of rotatable bonds is 5. The van der Waals surface area contributed by atoms with Gasteiger partial charge in [0.25, 0.3) is 11.1 Å². The van der Waals surface area contributed by atoms with Gasteiger partial charge in [-0.3, -0.25) is 19.3 Å². The number of amides is 3. The van der Waals surface area contributed by atoms with Crippen molar-refractivity contribution >= 4 is 57.6 Å². The van der Waals surface area contributed by atoms with Crippen LogP contribution in [-0.2, 0) is 14.3 Å². The van der Waals surface area contributed by atoms with Crippen LogP contribution < -0.4 is 10.2 Å². The molecule has 0 spiro atoms. The molecule has 0 saturated carbocycles. The Balaban J connectivity index is 1.35. The van der Waals surface area contributed by atoms with E-state index in [1.807, 2.05) is 41.8 Å². The molecule has 0 unspecified atom stereocenters. The molecular formula is C20H19N3O4S2. The number of morpholine rings is 1. The number of hydrogen-bond acceptors (Lipinski definition) is 7. The molecule has 0 bridgehead atoms. The smallest absolute Gasteiger partial charge is 0.294 e. The molecule has 0 aliphatic carbocycles. The Bertz CT molecular complexity index is 935. The number of carbonyl (C=O) groups excluding carboxylic acids is 3. The fourth-order valence-corrected chi connectivity index (χ4v) is 4.62. The molecule has 150 valence electrons. The van der Waals surface area contributed by atoms with Crippen molar-refractivity contribution in [1.82, 2.24) is 4.90 Å². The number of nitrogens with one attached hydrogen (secondary N) is 1. The summed E-state index contributed by atoms with van der Waals surface area (Å²) in [6.45, 7) is 2.78. The van der Waals surface area contributed by atoms with Crippen LogP contribution in [-0.4, -0.2) is 54.8 Å². The highest BCUT2D eigenvalue weighted by Gasteiger charge is 2.36. The number of thioether (sulfide) groups is 1. The lowest BCUT2D eigenvalue weighted by atomic mass is 10.2. The standard InChI is InChI=1S/C20H19N3O4S2/c24-18(21-14-3-5-15(6-4-14)22-7-9-27-10-8-22)13-23-19(25)17(29-20(23)26)12-16-2-1-11-28-16/h1-6,11-12H,7-10,13H2,(H,21,24)/b17-12-. The van der Waals surface area contributed by atoms with Crippen molar-refractivity contribution in [1.29, 1.82) is 0 Å². The number of thiophene rings is 1. The first-order valence-electron chi connectivity index (χ1n) is 9.11. The molecular weight excluding hydrogens is 410 g/mol. The number of hydrogen-bond donors (Lipinski definition) is 1. The molecule has 4 rings (SSSR count). The monoisotopic (exact) mass is 429 g/mol. The van der Waals surface area contributed by atoms with Crippen LogP contribution in [0.3, 0.4) is 0 Å². The predicted octanol–water partition coefficient (Wildman–Crippen LogP) is 3.26. The topological polar surface area (TPSA) is 79.0 Å². The summed E-state index contributed by atoms with van der Waals surface area (Å²) in [7, 11) is 0. The summed E-state index contributed by atoms with van der Waals surface area (Å²) in [4.78, 5) is 41.4. The maximum Gasteiger partial charge on any atom is 0.294 e. The molecule has 0 atom stereocenters. The second-order valence-electron chi connectivity index (χ2n) is 6.48. The largest absolute Gasteiger partial charge is 0.378 e. The maximum atomic E-state index is 12.5. The van der Waals surface area contributed by atoms with E-state index < -0.39 is 17.1 Å². The Labute approximate surface area is 176 Å². The summed E-state index contributed by atoms with van der Waals surface area (Å²) in [6, 6.07) is 11.2. The second kappa shape index (κ2) is 8.81. The molecule has 1 N–H and O–H groups in total. The van der Waals surface area contributed by atoms with Gasteiger partial charge in [-0.25, -0.2) is 0 Å². The molecule has 1 aromatic carbocycles. The number of imide groups is 1. The van der Waals surface area contributed by atoms with E-state index in [2.05, 4.69) is 10.2 Å². The highest BCUT2D eigenvalue weighted by atomic mass is 32.2. The van der Waals surface area contributed by atoms with E-state index in [1.165, 1.54) is 11.3 Å². The zero-order valence-electron chi connectivity index (χ0n) is 15.5. The third kappa shape index (κ3) is 4.69. The van der Waals surface area contributed by atoms with E-state index in [4.69, 9.17) is 4.74 Å². The summed E-state index contributed by atoms with van der Waals surface area (Å²) < 4.78 is 5.35. The van der Waals surface area contributed by atoms with Gasteiger partial charge in [-0.1, -0.05) is 6.07 Å². The van der Waals surface area contributed by atoms with Crippen LogP contribution in [0.5, 0.6) is 0 Å². The summed E-state index contributed by atoms with van der Waals surface area (Å²) >= 11 is 2.34. The zero-order valence-corrected chi connectivity index (χ0v) is 17.1. The Morgan fingerprint density at radius 1 is 1.14 bits per heavy atom. The molecule has 9 heteroatoms. The molecule has 2 saturated heterocycles. The third-order valence-corrected chi connectivity index (χ3v) is 6.25. The van der Waals surface area contributed by atoms with Crippen molar-refractivity contribution in [3.05, 3.63) is 51.6 Å². The van der Waals surface area contributed by atoms with Gasteiger partial charge in [0, 0.05) is 29.3 Å². The number of ether oxygens (including phenoxy) is 1. The second-order valence-corrected chi connectivity index (χ2v) is 8.45. The average Bonchev–Trinajstić information content (AvgIpc) is 3.33. The highest BCUT2D eigenvalue weighted by Crippen LogP contribution is 2.32. The zero-order chi connectivity index (χ0) is 20.2. The van der Waals surface area contributed by atoms with Crippen LogP contribution in [0.4, 0.5) is 16.2 Å². The molecule has 7 nitrogen and oxygen atoms in total. The molecule has 2 aliphatic heterocycles. The quantitative estimate of drug-likeness (QED) is 0.735. The Kier molecular flexibility index (Phi) is 5.98. The molecule has 0 radical (unpaired) electrons. The van der Waals surface area contributed by atoms with Crippen molar-refractivity contribution in [2.45, 2.75) is 0 Å². The van der Waals surface area contributed by atoms with Crippen LogP contribution in [0.1, 0.15) is 4.88 Å². The van der Waals surface area contributed by atoms with E-state index in [1.54, 1.807) is 6.08 Å². The lowest BCUT2D eigenvalue weighted by molar-refractivity contribution is -0.127. The normalized spacial score (nSPS) is 18.6. The summed E-state index contributed by atoms with van der Waals surface area (Å²) in [5.41, 5.74) is 1.68. The number of nitrogens with zero attached hydrogens (tertiary/aromatic N) is 2. The van der Waals surface area contributed by atoms with Crippen LogP contribution in [0.25, 0.3) is 6.08 Å². The van der Waals surface area contributed by atoms with Crippen LogP contribution in [0, 0.1) is 0 Å². The minimum absolute atomic E-state index is 0.308. The Morgan fingerprint density at radius 3 is 2.59 bits per heavy atom. The fraction of sp³-hybridized carbons (Fsp3) is 0.250. The molecule has 29 heavy (non-hydrogen) atoms. The fourth-order valence-electron chi connectivity index (χ4n) is 3.06. The minimum atomic E-state index is -0.439. The molecule has 3 amide bonds. The van der Waals surface area contributed by atoms with E-state index in [9.17, 15) is 14.4 Å². The highest BCUT2D eigenvalue weighted by molar-refractivity contribution is 8.18. The molecule has 2 aromatic rings. The van der Waals surface area contributed by atoms with Gasteiger partial charge in [-0.05, 0) is 53.5 Å². The van der Waals surface area contributed by atoms with Gasteiger partial charge < -0.3 is 15.0 Å². The van der Waals surface area contributed by atoms with Gasteiger partial charge in [0.15, 0.2) is 0 Å². The van der Waals surface area contributed by atoms with E-state index in [0.717, 1.165) is 40.3 Å². The van der Waals surface area contributed by atoms with Crippen molar-refractivity contribution in [3.63, 3.8) is 0 Å². The Morgan fingerprint density at radius 2 is 1.90 bits per heavy atom. The van der Waals surface area contributed by atoms with Crippen LogP contribution in [0.15, 0.2) is 46.7 Å². The number of carbonyl (C=O) groups is 3. The van der Waals surface area contributed by atoms with Gasteiger partial charge in [0.1, 0.15) is 6.54 Å². The summed E-state index contributed by atoms with van der Waals surface area (Å²) in [5.74, 6) is -0.852. The van der Waals surface area contributed by atoms with Gasteiger partial charge in [-0.15, -0.1) is 11.3 Å². The predicted molar refractivity (Wildman–Crippen MR) is 115 cm³/mol. The molecule has 1 aromatic heterocycles. The van der Waals surface area contributed by atoms with E-state index in [-0.39, 0.29) is 6.54 Å². The van der Waals surface area contributed by atoms with Crippen molar-refractivity contribution < 1.29 is 19.1 Å². The van der Waals surface area contributed by atoms with E-state index in [0.29, 0.717) is 23.8 Å². The lowest BCUT2D eigenvalue weighted by Gasteiger charge is -2.28. The first-order valence-corrected chi connectivity index (χ1v) is 10.8. The minimum Gasteiger partial charge on any atom is -0.378 e. The van der Waals surface area contributed by atoms with E-state index >= 15 is 0 Å². The lowest BCUT2D eigenvalue weighted by Crippen LogP contribution is -2.36. The average molecular weight is 430 g/mol.